The SMILES string of the molecule is CC(C)Cn1ccnc(N2CCC(Oc3cccc(Br)c3)CC2)c1=O. The lowest BCUT2D eigenvalue weighted by atomic mass is 10.1. The summed E-state index contributed by atoms with van der Waals surface area (Å²) in [4.78, 5) is 19.1. The molecule has 1 saturated heterocycles. The van der Waals surface area contributed by atoms with Gasteiger partial charge in [0.05, 0.1) is 0 Å². The van der Waals surface area contributed by atoms with Gasteiger partial charge in [-0.1, -0.05) is 35.8 Å². The van der Waals surface area contributed by atoms with Crippen LogP contribution in [-0.4, -0.2) is 28.7 Å². The number of benzene rings is 1. The smallest absolute Gasteiger partial charge is 0.293 e. The molecule has 5 nitrogen and oxygen atoms in total. The predicted octanol–water partition coefficient (Wildman–Crippen LogP) is 3.71. The van der Waals surface area contributed by atoms with Crippen molar-refractivity contribution in [1.82, 2.24) is 9.55 Å². The summed E-state index contributed by atoms with van der Waals surface area (Å²) in [5.74, 6) is 1.87. The molecule has 1 aliphatic heterocycles. The summed E-state index contributed by atoms with van der Waals surface area (Å²) in [5, 5.41) is 0. The number of piperidine rings is 1. The van der Waals surface area contributed by atoms with Crippen LogP contribution in [0, 0.1) is 5.92 Å². The molecule has 1 aromatic heterocycles. The molecule has 0 saturated carbocycles. The van der Waals surface area contributed by atoms with Gasteiger partial charge in [0.1, 0.15) is 11.9 Å². The second-order valence-corrected chi connectivity index (χ2v) is 7.78. The van der Waals surface area contributed by atoms with Gasteiger partial charge >= 0.3 is 0 Å². The lowest BCUT2D eigenvalue weighted by Crippen LogP contribution is -2.42. The van der Waals surface area contributed by atoms with Gasteiger partial charge in [-0.05, 0) is 24.1 Å². The molecule has 1 aliphatic rings. The fourth-order valence-corrected chi connectivity index (χ4v) is 3.49. The first-order valence-electron chi connectivity index (χ1n) is 8.75. The zero-order chi connectivity index (χ0) is 17.8. The minimum absolute atomic E-state index is 0.00237. The van der Waals surface area contributed by atoms with Gasteiger partial charge in [0.25, 0.3) is 5.56 Å². The Hall–Kier alpha value is -1.82. The topological polar surface area (TPSA) is 47.4 Å². The van der Waals surface area contributed by atoms with Gasteiger partial charge in [0, 0.05) is 49.3 Å². The fourth-order valence-electron chi connectivity index (χ4n) is 3.11. The molecule has 0 radical (unpaired) electrons. The molecule has 1 aromatic carbocycles. The number of ether oxygens (including phenoxy) is 1. The van der Waals surface area contributed by atoms with E-state index in [4.69, 9.17) is 4.74 Å². The van der Waals surface area contributed by atoms with Crippen LogP contribution in [0.15, 0.2) is 45.9 Å². The standard InChI is InChI=1S/C19H24BrN3O2/c1-14(2)13-23-11-8-21-18(19(23)24)22-9-6-16(7-10-22)25-17-5-3-4-15(20)12-17/h3-5,8,11-12,14,16H,6-7,9-10,13H2,1-2H3. The molecule has 2 aromatic rings. The first-order valence-corrected chi connectivity index (χ1v) is 9.55. The number of anilines is 1. The monoisotopic (exact) mass is 405 g/mol. The molecule has 0 atom stereocenters. The highest BCUT2D eigenvalue weighted by Gasteiger charge is 2.23. The van der Waals surface area contributed by atoms with Crippen LogP contribution in [0.2, 0.25) is 0 Å². The normalized spacial score (nSPS) is 15.6. The third-order valence-electron chi connectivity index (χ3n) is 4.30. The van der Waals surface area contributed by atoms with E-state index in [1.54, 1.807) is 17.0 Å². The van der Waals surface area contributed by atoms with Crippen molar-refractivity contribution < 1.29 is 4.74 Å². The summed E-state index contributed by atoms with van der Waals surface area (Å²) < 4.78 is 8.84. The van der Waals surface area contributed by atoms with Crippen LogP contribution in [0.5, 0.6) is 5.75 Å². The van der Waals surface area contributed by atoms with Crippen molar-refractivity contribution in [3.05, 3.63) is 51.5 Å². The van der Waals surface area contributed by atoms with E-state index in [1.165, 1.54) is 0 Å². The molecule has 0 spiro atoms. The van der Waals surface area contributed by atoms with E-state index in [0.29, 0.717) is 11.7 Å². The largest absolute Gasteiger partial charge is 0.490 e. The van der Waals surface area contributed by atoms with Gasteiger partial charge in [0.2, 0.25) is 0 Å². The molecule has 25 heavy (non-hydrogen) atoms. The zero-order valence-corrected chi connectivity index (χ0v) is 16.3. The lowest BCUT2D eigenvalue weighted by Gasteiger charge is -2.32. The molecular formula is C19H24BrN3O2. The third kappa shape index (κ3) is 4.63. The maximum Gasteiger partial charge on any atom is 0.293 e. The van der Waals surface area contributed by atoms with E-state index >= 15 is 0 Å². The van der Waals surface area contributed by atoms with Crippen molar-refractivity contribution >= 4 is 21.7 Å². The molecule has 0 N–H and O–H groups in total. The van der Waals surface area contributed by atoms with E-state index in [0.717, 1.165) is 42.7 Å². The minimum Gasteiger partial charge on any atom is -0.490 e. The van der Waals surface area contributed by atoms with Crippen molar-refractivity contribution in [2.24, 2.45) is 5.92 Å². The van der Waals surface area contributed by atoms with E-state index in [9.17, 15) is 4.79 Å². The van der Waals surface area contributed by atoms with Gasteiger partial charge in [-0.2, -0.15) is 0 Å². The Labute approximate surface area is 156 Å². The summed E-state index contributed by atoms with van der Waals surface area (Å²) in [6.07, 6.45) is 5.43. The highest BCUT2D eigenvalue weighted by atomic mass is 79.9. The number of aromatic nitrogens is 2. The molecular weight excluding hydrogens is 382 g/mol. The number of hydrogen-bond acceptors (Lipinski definition) is 4. The Morgan fingerprint density at radius 1 is 1.32 bits per heavy atom. The van der Waals surface area contributed by atoms with Crippen LogP contribution in [0.25, 0.3) is 0 Å². The third-order valence-corrected chi connectivity index (χ3v) is 4.79. The lowest BCUT2D eigenvalue weighted by molar-refractivity contribution is 0.170. The first kappa shape index (κ1) is 18.0. The Morgan fingerprint density at radius 3 is 2.76 bits per heavy atom. The first-order chi connectivity index (χ1) is 12.0. The molecule has 134 valence electrons. The summed E-state index contributed by atoms with van der Waals surface area (Å²) >= 11 is 3.47. The molecule has 2 heterocycles. The van der Waals surface area contributed by atoms with Crippen LogP contribution >= 0.6 is 15.9 Å². The average molecular weight is 406 g/mol. The molecule has 0 bridgehead atoms. The van der Waals surface area contributed by atoms with Crippen LogP contribution in [0.4, 0.5) is 5.82 Å². The van der Waals surface area contributed by atoms with Crippen LogP contribution in [0.1, 0.15) is 26.7 Å². The molecule has 6 heteroatoms. The average Bonchev–Trinajstić information content (AvgIpc) is 2.57. The summed E-state index contributed by atoms with van der Waals surface area (Å²) in [5.41, 5.74) is 0.00237. The maximum atomic E-state index is 12.6. The second kappa shape index (κ2) is 8.04. The van der Waals surface area contributed by atoms with Gasteiger partial charge in [-0.3, -0.25) is 4.79 Å². The van der Waals surface area contributed by atoms with E-state index in [-0.39, 0.29) is 11.7 Å². The summed E-state index contributed by atoms with van der Waals surface area (Å²) in [6.45, 7) is 6.50. The molecule has 0 amide bonds. The summed E-state index contributed by atoms with van der Waals surface area (Å²) in [6, 6.07) is 7.91. The van der Waals surface area contributed by atoms with E-state index in [1.807, 2.05) is 24.3 Å². The Bertz CT molecular complexity index is 767. The van der Waals surface area contributed by atoms with Gasteiger partial charge in [-0.15, -0.1) is 0 Å². The van der Waals surface area contributed by atoms with Crippen molar-refractivity contribution in [3.8, 4) is 5.75 Å². The molecule has 3 rings (SSSR count). The van der Waals surface area contributed by atoms with Crippen LogP contribution in [0.3, 0.4) is 0 Å². The molecule has 1 fully saturated rings. The fraction of sp³-hybridized carbons (Fsp3) is 0.474. The quantitative estimate of drug-likeness (QED) is 0.760. The van der Waals surface area contributed by atoms with Crippen LogP contribution in [-0.2, 0) is 6.54 Å². The minimum atomic E-state index is 0.00237. The molecule has 0 aliphatic carbocycles. The van der Waals surface area contributed by atoms with Gasteiger partial charge in [-0.25, -0.2) is 4.98 Å². The summed E-state index contributed by atoms with van der Waals surface area (Å²) in [7, 11) is 0. The zero-order valence-electron chi connectivity index (χ0n) is 14.7. The number of hydrogen-bond donors (Lipinski definition) is 0. The van der Waals surface area contributed by atoms with Crippen LogP contribution < -0.4 is 15.2 Å². The Kier molecular flexibility index (Phi) is 5.78. The van der Waals surface area contributed by atoms with Crippen molar-refractivity contribution in [1.29, 1.82) is 0 Å². The van der Waals surface area contributed by atoms with E-state index < -0.39 is 0 Å². The van der Waals surface area contributed by atoms with Crippen molar-refractivity contribution in [2.75, 3.05) is 18.0 Å². The van der Waals surface area contributed by atoms with Crippen molar-refractivity contribution in [2.45, 2.75) is 39.3 Å². The van der Waals surface area contributed by atoms with Gasteiger partial charge in [0.15, 0.2) is 5.82 Å². The van der Waals surface area contributed by atoms with Crippen molar-refractivity contribution in [3.63, 3.8) is 0 Å². The second-order valence-electron chi connectivity index (χ2n) is 6.86. The predicted molar refractivity (Wildman–Crippen MR) is 103 cm³/mol. The van der Waals surface area contributed by atoms with Gasteiger partial charge < -0.3 is 14.2 Å². The number of rotatable bonds is 5. The Balaban J connectivity index is 1.63. The highest BCUT2D eigenvalue weighted by Crippen LogP contribution is 2.23. The highest BCUT2D eigenvalue weighted by molar-refractivity contribution is 9.10. The Morgan fingerprint density at radius 2 is 2.08 bits per heavy atom. The molecule has 0 unspecified atom stereocenters. The van der Waals surface area contributed by atoms with E-state index in [2.05, 4.69) is 39.7 Å². The number of halogens is 1. The maximum absolute atomic E-state index is 12.6. The number of nitrogens with zero attached hydrogens (tertiary/aromatic N) is 3.